The number of amides is 1. The Morgan fingerprint density at radius 3 is 2.58 bits per heavy atom. The number of halogens is 2. The van der Waals surface area contributed by atoms with E-state index in [1.54, 1.807) is 4.90 Å². The summed E-state index contributed by atoms with van der Waals surface area (Å²) in [5.74, 6) is -1.50. The molecule has 0 spiro atoms. The fourth-order valence-electron chi connectivity index (χ4n) is 3.32. The zero-order valence-electron chi connectivity index (χ0n) is 14.5. The van der Waals surface area contributed by atoms with Crippen molar-refractivity contribution in [2.45, 2.75) is 25.8 Å². The number of hydrogen-bond acceptors (Lipinski definition) is 3. The lowest BCUT2D eigenvalue weighted by Gasteiger charge is -2.29. The third-order valence-electron chi connectivity index (χ3n) is 4.77. The molecule has 2 rings (SSSR count). The Balaban J connectivity index is 2.13. The van der Waals surface area contributed by atoms with E-state index >= 15 is 0 Å². The monoisotopic (exact) mass is 339 g/mol. The van der Waals surface area contributed by atoms with Crippen LogP contribution in [0.2, 0.25) is 0 Å². The first-order valence-electron chi connectivity index (χ1n) is 8.50. The molecule has 4 nitrogen and oxygen atoms in total. The van der Waals surface area contributed by atoms with Crippen molar-refractivity contribution in [3.05, 3.63) is 35.4 Å². The number of carbonyl (C=O) groups is 1. The highest BCUT2D eigenvalue weighted by atomic mass is 19.2. The number of nitrogens with zero attached hydrogens (tertiary/aromatic N) is 2. The van der Waals surface area contributed by atoms with E-state index in [0.29, 0.717) is 18.7 Å². The van der Waals surface area contributed by atoms with E-state index in [1.165, 1.54) is 12.1 Å². The highest BCUT2D eigenvalue weighted by Gasteiger charge is 2.34. The van der Waals surface area contributed by atoms with E-state index in [4.69, 9.17) is 5.73 Å². The van der Waals surface area contributed by atoms with E-state index in [1.807, 2.05) is 19.0 Å². The summed E-state index contributed by atoms with van der Waals surface area (Å²) in [6.07, 6.45) is 2.86. The minimum atomic E-state index is -0.881. The second-order valence-electron chi connectivity index (χ2n) is 6.84. The summed E-state index contributed by atoms with van der Waals surface area (Å²) in [5.41, 5.74) is 6.40. The van der Waals surface area contributed by atoms with E-state index in [-0.39, 0.29) is 24.3 Å². The van der Waals surface area contributed by atoms with Gasteiger partial charge >= 0.3 is 0 Å². The van der Waals surface area contributed by atoms with Crippen LogP contribution in [0.3, 0.4) is 0 Å². The Kier molecular flexibility index (Phi) is 6.69. The van der Waals surface area contributed by atoms with Gasteiger partial charge in [0.25, 0.3) is 0 Å². The molecular formula is C18H27F2N3O. The topological polar surface area (TPSA) is 49.6 Å². The van der Waals surface area contributed by atoms with Gasteiger partial charge in [0, 0.05) is 25.6 Å². The van der Waals surface area contributed by atoms with Crippen molar-refractivity contribution in [1.29, 1.82) is 0 Å². The average molecular weight is 339 g/mol. The number of likely N-dealkylation sites (N-methyl/N-ethyl adjacent to an activating group) is 1. The van der Waals surface area contributed by atoms with Crippen molar-refractivity contribution in [3.8, 4) is 0 Å². The minimum absolute atomic E-state index is 0.0533. The van der Waals surface area contributed by atoms with Crippen molar-refractivity contribution in [2.24, 2.45) is 17.6 Å². The molecule has 6 heteroatoms. The molecule has 1 amide bonds. The Morgan fingerprint density at radius 1 is 1.21 bits per heavy atom. The molecule has 24 heavy (non-hydrogen) atoms. The summed E-state index contributed by atoms with van der Waals surface area (Å²) >= 11 is 0. The summed E-state index contributed by atoms with van der Waals surface area (Å²) in [5, 5.41) is 0. The lowest BCUT2D eigenvalue weighted by Crippen LogP contribution is -2.41. The Hall–Kier alpha value is -1.53. The predicted molar refractivity (Wildman–Crippen MR) is 90.2 cm³/mol. The van der Waals surface area contributed by atoms with Crippen LogP contribution in [0.4, 0.5) is 8.78 Å². The zero-order valence-corrected chi connectivity index (χ0v) is 14.5. The van der Waals surface area contributed by atoms with Crippen LogP contribution < -0.4 is 5.73 Å². The van der Waals surface area contributed by atoms with Gasteiger partial charge in [-0.1, -0.05) is 12.5 Å². The van der Waals surface area contributed by atoms with Crippen molar-refractivity contribution >= 4 is 5.91 Å². The minimum Gasteiger partial charge on any atom is -0.337 e. The van der Waals surface area contributed by atoms with Crippen LogP contribution in [0.15, 0.2) is 18.2 Å². The number of nitrogens with two attached hydrogens (primary N) is 1. The molecule has 1 aromatic rings. The summed E-state index contributed by atoms with van der Waals surface area (Å²) < 4.78 is 26.6. The largest absolute Gasteiger partial charge is 0.337 e. The maximum atomic E-state index is 13.5. The number of carbonyl (C=O) groups excluding carboxylic acids is 1. The quantitative estimate of drug-likeness (QED) is 0.829. The third-order valence-corrected chi connectivity index (χ3v) is 4.77. The van der Waals surface area contributed by atoms with E-state index in [9.17, 15) is 13.6 Å². The standard InChI is InChI=1S/C18H27F2N3O/c1-22(2)8-9-23(12-13-6-7-16(19)17(20)10-13)18(24)15-5-3-4-14(15)11-21/h6-7,10,14-15H,3-5,8-9,11-12,21H2,1-2H3/t14-,15-/m1/s1. The van der Waals surface area contributed by atoms with Gasteiger partial charge in [-0.15, -0.1) is 0 Å². The maximum Gasteiger partial charge on any atom is 0.226 e. The molecule has 2 atom stereocenters. The van der Waals surface area contributed by atoms with Crippen molar-refractivity contribution in [1.82, 2.24) is 9.80 Å². The highest BCUT2D eigenvalue weighted by molar-refractivity contribution is 5.79. The van der Waals surface area contributed by atoms with Gasteiger partial charge in [-0.3, -0.25) is 4.79 Å². The van der Waals surface area contributed by atoms with Crippen molar-refractivity contribution in [2.75, 3.05) is 33.7 Å². The molecule has 134 valence electrons. The average Bonchev–Trinajstić information content (AvgIpc) is 3.02. The summed E-state index contributed by atoms with van der Waals surface area (Å²) in [6, 6.07) is 3.81. The summed E-state index contributed by atoms with van der Waals surface area (Å²) in [6.45, 7) is 2.08. The molecule has 0 unspecified atom stereocenters. The predicted octanol–water partition coefficient (Wildman–Crippen LogP) is 2.23. The van der Waals surface area contributed by atoms with Gasteiger partial charge in [0.05, 0.1) is 0 Å². The molecule has 1 fully saturated rings. The second kappa shape index (κ2) is 8.53. The first kappa shape index (κ1) is 18.8. The molecule has 0 saturated heterocycles. The molecule has 0 aliphatic heterocycles. The molecular weight excluding hydrogens is 312 g/mol. The Morgan fingerprint density at radius 2 is 1.96 bits per heavy atom. The fraction of sp³-hybridized carbons (Fsp3) is 0.611. The molecule has 1 aliphatic rings. The van der Waals surface area contributed by atoms with Gasteiger partial charge in [0.15, 0.2) is 11.6 Å². The SMILES string of the molecule is CN(C)CCN(Cc1ccc(F)c(F)c1)C(=O)[C@@H]1CCC[C@@H]1CN. The smallest absolute Gasteiger partial charge is 0.226 e. The molecule has 0 radical (unpaired) electrons. The van der Waals surface area contributed by atoms with Gasteiger partial charge in [0.2, 0.25) is 5.91 Å². The Labute approximate surface area is 142 Å². The van der Waals surface area contributed by atoms with Gasteiger partial charge < -0.3 is 15.5 Å². The van der Waals surface area contributed by atoms with Gasteiger partial charge in [0.1, 0.15) is 0 Å². The molecule has 0 bridgehead atoms. The normalized spacial score (nSPS) is 20.6. The number of hydrogen-bond donors (Lipinski definition) is 1. The number of benzene rings is 1. The lowest BCUT2D eigenvalue weighted by atomic mass is 9.94. The van der Waals surface area contributed by atoms with Crippen LogP contribution in [0, 0.1) is 23.5 Å². The fourth-order valence-corrected chi connectivity index (χ4v) is 3.32. The molecule has 1 aromatic carbocycles. The van der Waals surface area contributed by atoms with Crippen molar-refractivity contribution in [3.63, 3.8) is 0 Å². The van der Waals surface area contributed by atoms with Crippen molar-refractivity contribution < 1.29 is 13.6 Å². The van der Waals surface area contributed by atoms with Crippen LogP contribution in [0.25, 0.3) is 0 Å². The van der Waals surface area contributed by atoms with Gasteiger partial charge in [-0.2, -0.15) is 0 Å². The molecule has 1 saturated carbocycles. The number of rotatable bonds is 7. The first-order chi connectivity index (χ1) is 11.4. The summed E-state index contributed by atoms with van der Waals surface area (Å²) in [4.78, 5) is 16.7. The van der Waals surface area contributed by atoms with Crippen LogP contribution >= 0.6 is 0 Å². The van der Waals surface area contributed by atoms with Gasteiger partial charge in [-0.25, -0.2) is 8.78 Å². The molecule has 0 aromatic heterocycles. The third kappa shape index (κ3) is 4.74. The molecule has 0 heterocycles. The highest BCUT2D eigenvalue weighted by Crippen LogP contribution is 2.32. The maximum absolute atomic E-state index is 13.5. The van der Waals surface area contributed by atoms with Crippen LogP contribution in [-0.2, 0) is 11.3 Å². The summed E-state index contributed by atoms with van der Waals surface area (Å²) in [7, 11) is 3.89. The first-order valence-corrected chi connectivity index (χ1v) is 8.50. The van der Waals surface area contributed by atoms with Crippen LogP contribution in [0.1, 0.15) is 24.8 Å². The lowest BCUT2D eigenvalue weighted by molar-refractivity contribution is -0.137. The van der Waals surface area contributed by atoms with Crippen LogP contribution in [0.5, 0.6) is 0 Å². The van der Waals surface area contributed by atoms with E-state index in [2.05, 4.69) is 0 Å². The van der Waals surface area contributed by atoms with E-state index < -0.39 is 11.6 Å². The van der Waals surface area contributed by atoms with Gasteiger partial charge in [-0.05, 0) is 57.1 Å². The molecule has 1 aliphatic carbocycles. The van der Waals surface area contributed by atoms with Crippen LogP contribution in [-0.4, -0.2) is 49.4 Å². The molecule has 2 N–H and O–H groups in total. The second-order valence-corrected chi connectivity index (χ2v) is 6.84. The Bertz CT molecular complexity index is 565. The zero-order chi connectivity index (χ0) is 17.7. The van der Waals surface area contributed by atoms with E-state index in [0.717, 1.165) is 31.9 Å².